The van der Waals surface area contributed by atoms with Crippen LogP contribution in [0.2, 0.25) is 0 Å². The number of hydrogen-bond donors (Lipinski definition) is 3. The zero-order valence-corrected chi connectivity index (χ0v) is 12.2. The van der Waals surface area contributed by atoms with Crippen LogP contribution in [0.15, 0.2) is 18.2 Å². The van der Waals surface area contributed by atoms with Crippen molar-refractivity contribution in [2.45, 2.75) is 25.4 Å². The molecule has 1 fully saturated rings. The van der Waals surface area contributed by atoms with Gasteiger partial charge in [-0.15, -0.1) is 0 Å². The van der Waals surface area contributed by atoms with Crippen molar-refractivity contribution in [2.24, 2.45) is 0 Å². The van der Waals surface area contributed by atoms with Gasteiger partial charge in [-0.3, -0.25) is 4.79 Å². The maximum atomic E-state index is 11.8. The molecule has 0 radical (unpaired) electrons. The Kier molecular flexibility index (Phi) is 5.83. The van der Waals surface area contributed by atoms with Gasteiger partial charge in [0.1, 0.15) is 0 Å². The monoisotopic (exact) mass is 294 g/mol. The van der Waals surface area contributed by atoms with E-state index in [1.807, 2.05) is 0 Å². The number of methoxy groups -OCH3 is 1. The molecular formula is C15H22N2O4. The summed E-state index contributed by atoms with van der Waals surface area (Å²) >= 11 is 0. The molecule has 1 heterocycles. The van der Waals surface area contributed by atoms with Gasteiger partial charge in [-0.2, -0.15) is 0 Å². The molecule has 0 spiro atoms. The fraction of sp³-hybridized carbons (Fsp3) is 0.533. The van der Waals surface area contributed by atoms with Crippen LogP contribution in [0.5, 0.6) is 11.5 Å². The van der Waals surface area contributed by atoms with Crippen LogP contribution in [0.3, 0.4) is 0 Å². The molecule has 6 nitrogen and oxygen atoms in total. The van der Waals surface area contributed by atoms with Gasteiger partial charge in [0, 0.05) is 11.8 Å². The number of phenols is 1. The van der Waals surface area contributed by atoms with Gasteiger partial charge < -0.3 is 25.2 Å². The van der Waals surface area contributed by atoms with E-state index in [1.165, 1.54) is 13.2 Å². The molecule has 0 aliphatic carbocycles. The lowest BCUT2D eigenvalue weighted by Crippen LogP contribution is -2.33. The van der Waals surface area contributed by atoms with Crippen LogP contribution in [0.4, 0.5) is 5.69 Å². The van der Waals surface area contributed by atoms with E-state index in [4.69, 9.17) is 9.47 Å². The van der Waals surface area contributed by atoms with Crippen molar-refractivity contribution < 1.29 is 19.4 Å². The summed E-state index contributed by atoms with van der Waals surface area (Å²) < 4.78 is 10.6. The summed E-state index contributed by atoms with van der Waals surface area (Å²) in [7, 11) is 1.48. The molecule has 0 bridgehead atoms. The highest BCUT2D eigenvalue weighted by atomic mass is 16.5. The van der Waals surface area contributed by atoms with Crippen LogP contribution in [0, 0.1) is 0 Å². The van der Waals surface area contributed by atoms with E-state index in [9.17, 15) is 9.90 Å². The number of carbonyl (C=O) groups is 1. The van der Waals surface area contributed by atoms with Crippen LogP contribution < -0.4 is 15.4 Å². The predicted octanol–water partition coefficient (Wildman–Crippen LogP) is 1.50. The third-order valence-electron chi connectivity index (χ3n) is 3.43. The molecule has 0 saturated carbocycles. The number of hydrogen-bond acceptors (Lipinski definition) is 5. The summed E-state index contributed by atoms with van der Waals surface area (Å²) in [6.07, 6.45) is 2.54. The average molecular weight is 294 g/mol. The maximum Gasteiger partial charge on any atom is 0.226 e. The van der Waals surface area contributed by atoms with Crippen molar-refractivity contribution in [3.8, 4) is 11.5 Å². The van der Waals surface area contributed by atoms with Crippen molar-refractivity contribution in [3.05, 3.63) is 18.2 Å². The summed E-state index contributed by atoms with van der Waals surface area (Å²) in [6.45, 7) is 2.36. The quantitative estimate of drug-likeness (QED) is 0.741. The Morgan fingerprint density at radius 1 is 1.43 bits per heavy atom. The predicted molar refractivity (Wildman–Crippen MR) is 79.7 cm³/mol. The van der Waals surface area contributed by atoms with Crippen LogP contribution in [-0.4, -0.2) is 43.9 Å². The third-order valence-corrected chi connectivity index (χ3v) is 3.43. The Morgan fingerprint density at radius 3 is 2.86 bits per heavy atom. The van der Waals surface area contributed by atoms with Crippen LogP contribution >= 0.6 is 0 Å². The van der Waals surface area contributed by atoms with E-state index in [0.29, 0.717) is 24.5 Å². The number of anilines is 1. The van der Waals surface area contributed by atoms with Crippen molar-refractivity contribution >= 4 is 11.6 Å². The normalized spacial score (nSPS) is 15.7. The molecule has 0 unspecified atom stereocenters. The van der Waals surface area contributed by atoms with Crippen molar-refractivity contribution in [1.29, 1.82) is 0 Å². The molecule has 0 atom stereocenters. The molecule has 116 valence electrons. The summed E-state index contributed by atoms with van der Waals surface area (Å²) in [5.41, 5.74) is 0.542. The lowest BCUT2D eigenvalue weighted by atomic mass is 10.1. The number of aromatic hydroxyl groups is 1. The highest BCUT2D eigenvalue weighted by Crippen LogP contribution is 2.28. The van der Waals surface area contributed by atoms with Gasteiger partial charge in [-0.1, -0.05) is 0 Å². The van der Waals surface area contributed by atoms with E-state index < -0.39 is 0 Å². The fourth-order valence-corrected chi connectivity index (χ4v) is 2.27. The molecular weight excluding hydrogens is 272 g/mol. The van der Waals surface area contributed by atoms with Gasteiger partial charge in [0.25, 0.3) is 0 Å². The maximum absolute atomic E-state index is 11.8. The van der Waals surface area contributed by atoms with Gasteiger partial charge in [-0.05, 0) is 38.1 Å². The van der Waals surface area contributed by atoms with E-state index in [0.717, 1.165) is 25.9 Å². The molecule has 0 aromatic heterocycles. The first-order valence-electron chi connectivity index (χ1n) is 7.18. The average Bonchev–Trinajstić information content (AvgIpc) is 2.48. The molecule has 21 heavy (non-hydrogen) atoms. The summed E-state index contributed by atoms with van der Waals surface area (Å²) in [5.74, 6) is 0.247. The molecule has 1 amide bonds. The molecule has 1 aliphatic heterocycles. The third kappa shape index (κ3) is 4.91. The molecule has 2 rings (SSSR count). The second-order valence-electron chi connectivity index (χ2n) is 5.00. The lowest BCUT2D eigenvalue weighted by molar-refractivity contribution is -0.117. The Bertz CT molecular complexity index is 473. The first-order chi connectivity index (χ1) is 10.2. The second-order valence-corrected chi connectivity index (χ2v) is 5.00. The van der Waals surface area contributed by atoms with E-state index >= 15 is 0 Å². The first-order valence-corrected chi connectivity index (χ1v) is 7.18. The van der Waals surface area contributed by atoms with E-state index in [2.05, 4.69) is 10.6 Å². The van der Waals surface area contributed by atoms with Gasteiger partial charge in [-0.25, -0.2) is 0 Å². The van der Waals surface area contributed by atoms with Crippen LogP contribution in [0.1, 0.15) is 19.3 Å². The standard InChI is InChI=1S/C15H22N2O4/c1-20-14-3-2-11(10-13(14)18)17-15(19)6-9-21-12-4-7-16-8-5-12/h2-3,10,12,16,18H,4-9H2,1H3,(H,17,19). The minimum atomic E-state index is -0.131. The highest BCUT2D eigenvalue weighted by molar-refractivity contribution is 5.91. The zero-order chi connectivity index (χ0) is 15.1. The number of amides is 1. The zero-order valence-electron chi connectivity index (χ0n) is 12.2. The van der Waals surface area contributed by atoms with Gasteiger partial charge in [0.2, 0.25) is 5.91 Å². The van der Waals surface area contributed by atoms with Crippen LogP contribution in [-0.2, 0) is 9.53 Å². The summed E-state index contributed by atoms with van der Waals surface area (Å²) in [5, 5.41) is 15.6. The lowest BCUT2D eigenvalue weighted by Gasteiger charge is -2.22. The van der Waals surface area contributed by atoms with Crippen molar-refractivity contribution in [3.63, 3.8) is 0 Å². The molecule has 1 saturated heterocycles. The van der Waals surface area contributed by atoms with Crippen molar-refractivity contribution in [1.82, 2.24) is 5.32 Å². The smallest absolute Gasteiger partial charge is 0.226 e. The van der Waals surface area contributed by atoms with Crippen LogP contribution in [0.25, 0.3) is 0 Å². The number of piperidine rings is 1. The Labute approximate surface area is 124 Å². The minimum absolute atomic E-state index is 0.00116. The highest BCUT2D eigenvalue weighted by Gasteiger charge is 2.13. The summed E-state index contributed by atoms with van der Waals surface area (Å²) in [4.78, 5) is 11.8. The Balaban J connectivity index is 1.72. The largest absolute Gasteiger partial charge is 0.504 e. The minimum Gasteiger partial charge on any atom is -0.504 e. The molecule has 1 aromatic carbocycles. The first kappa shape index (κ1) is 15.6. The van der Waals surface area contributed by atoms with Gasteiger partial charge >= 0.3 is 0 Å². The number of ether oxygens (including phenoxy) is 2. The van der Waals surface area contributed by atoms with E-state index in [1.54, 1.807) is 12.1 Å². The molecule has 1 aromatic rings. The summed E-state index contributed by atoms with van der Waals surface area (Å²) in [6, 6.07) is 4.75. The second kappa shape index (κ2) is 7.85. The molecule has 3 N–H and O–H groups in total. The number of nitrogens with one attached hydrogen (secondary N) is 2. The van der Waals surface area contributed by atoms with Gasteiger partial charge in [0.15, 0.2) is 11.5 Å². The fourth-order valence-electron chi connectivity index (χ4n) is 2.27. The number of rotatable bonds is 6. The topological polar surface area (TPSA) is 79.8 Å². The number of benzene rings is 1. The number of carbonyl (C=O) groups excluding carboxylic acids is 1. The van der Waals surface area contributed by atoms with Crippen molar-refractivity contribution in [2.75, 3.05) is 32.1 Å². The SMILES string of the molecule is COc1ccc(NC(=O)CCOC2CCNCC2)cc1O. The Morgan fingerprint density at radius 2 is 2.19 bits per heavy atom. The Hall–Kier alpha value is -1.79. The van der Waals surface area contributed by atoms with E-state index in [-0.39, 0.29) is 17.8 Å². The number of phenolic OH excluding ortho intramolecular Hbond substituents is 1. The molecule has 1 aliphatic rings. The molecule has 6 heteroatoms. The van der Waals surface area contributed by atoms with Gasteiger partial charge in [0.05, 0.1) is 26.2 Å².